The molecule has 2 aromatic heterocycles. The molecule has 10 heteroatoms. The Kier molecular flexibility index (Phi) is 6.05. The summed E-state index contributed by atoms with van der Waals surface area (Å²) in [6.45, 7) is 2.41. The van der Waals surface area contributed by atoms with Gasteiger partial charge >= 0.3 is 0 Å². The molecule has 4 N–H and O–H groups in total. The van der Waals surface area contributed by atoms with Gasteiger partial charge in [0, 0.05) is 35.8 Å². The minimum Gasteiger partial charge on any atom is -0.494 e. The maximum absolute atomic E-state index is 14.7. The number of aromatic nitrogens is 3. The molecule has 1 aliphatic carbocycles. The van der Waals surface area contributed by atoms with Crippen molar-refractivity contribution in [3.05, 3.63) is 71.7 Å². The van der Waals surface area contributed by atoms with Gasteiger partial charge in [-0.2, -0.15) is 4.39 Å². The predicted molar refractivity (Wildman–Crippen MR) is 132 cm³/mol. The predicted octanol–water partition coefficient (Wildman–Crippen LogP) is 4.21. The molecule has 2 aromatic carbocycles. The maximum atomic E-state index is 14.7. The molecule has 1 aliphatic rings. The van der Waals surface area contributed by atoms with Crippen LogP contribution in [0.2, 0.25) is 0 Å². The van der Waals surface area contributed by atoms with E-state index in [1.165, 1.54) is 25.4 Å². The van der Waals surface area contributed by atoms with E-state index in [1.807, 2.05) is 13.0 Å². The zero-order chi connectivity index (χ0) is 25.4. The van der Waals surface area contributed by atoms with Crippen LogP contribution < -0.4 is 21.1 Å². The van der Waals surface area contributed by atoms with Gasteiger partial charge in [-0.1, -0.05) is 6.92 Å². The molecule has 1 saturated carbocycles. The van der Waals surface area contributed by atoms with Crippen molar-refractivity contribution in [1.82, 2.24) is 19.7 Å². The minimum absolute atomic E-state index is 0.0486. The van der Waals surface area contributed by atoms with Crippen molar-refractivity contribution in [2.24, 2.45) is 5.73 Å². The number of hydrogen-bond acceptors (Lipinski definition) is 6. The molecule has 186 valence electrons. The normalized spacial score (nSPS) is 14.0. The van der Waals surface area contributed by atoms with Gasteiger partial charge in [0.15, 0.2) is 23.0 Å². The van der Waals surface area contributed by atoms with E-state index in [0.29, 0.717) is 35.7 Å². The highest BCUT2D eigenvalue weighted by Crippen LogP contribution is 2.35. The molecule has 0 unspecified atom stereocenters. The van der Waals surface area contributed by atoms with E-state index in [-0.39, 0.29) is 22.8 Å². The highest BCUT2D eigenvalue weighted by atomic mass is 19.2. The fourth-order valence-corrected chi connectivity index (χ4v) is 4.26. The molecule has 0 spiro atoms. The van der Waals surface area contributed by atoms with E-state index >= 15 is 0 Å². The molecule has 2 heterocycles. The number of nitrogens with two attached hydrogens (primary N) is 1. The summed E-state index contributed by atoms with van der Waals surface area (Å²) in [4.78, 5) is 21.6. The van der Waals surface area contributed by atoms with Gasteiger partial charge in [-0.3, -0.25) is 9.20 Å². The number of ether oxygens (including phenoxy) is 1. The summed E-state index contributed by atoms with van der Waals surface area (Å²) in [5, 5.41) is 6.29. The Bertz CT molecular complexity index is 1460. The molecule has 0 saturated heterocycles. The lowest BCUT2D eigenvalue weighted by Crippen LogP contribution is -2.42. The Morgan fingerprint density at radius 1 is 1.19 bits per heavy atom. The summed E-state index contributed by atoms with van der Waals surface area (Å²) in [5.74, 6) is -1.96. The molecule has 1 amide bonds. The average Bonchev–Trinajstić information content (AvgIpc) is 3.53. The van der Waals surface area contributed by atoms with Crippen molar-refractivity contribution < 1.29 is 18.3 Å². The lowest BCUT2D eigenvalue weighted by molar-refractivity contribution is 0.0932. The van der Waals surface area contributed by atoms with E-state index in [1.54, 1.807) is 28.9 Å². The number of hydrogen-bond donors (Lipinski definition) is 3. The number of carbonyl (C=O) groups is 1. The van der Waals surface area contributed by atoms with Crippen molar-refractivity contribution in [1.29, 1.82) is 0 Å². The number of imidazole rings is 1. The zero-order valence-electron chi connectivity index (χ0n) is 19.9. The average molecular weight is 493 g/mol. The van der Waals surface area contributed by atoms with Crippen LogP contribution >= 0.6 is 0 Å². The first-order valence-electron chi connectivity index (χ1n) is 11.7. The first-order valence-corrected chi connectivity index (χ1v) is 11.7. The number of fused-ring (bicyclic) bond motifs is 1. The molecule has 5 rings (SSSR count). The van der Waals surface area contributed by atoms with Crippen LogP contribution in [-0.2, 0) is 6.42 Å². The lowest BCUT2D eigenvalue weighted by Gasteiger charge is -2.17. The van der Waals surface area contributed by atoms with Gasteiger partial charge in [0.05, 0.1) is 24.5 Å². The molecule has 4 aromatic rings. The van der Waals surface area contributed by atoms with E-state index in [9.17, 15) is 13.6 Å². The van der Waals surface area contributed by atoms with E-state index < -0.39 is 11.6 Å². The fourth-order valence-electron chi connectivity index (χ4n) is 4.26. The van der Waals surface area contributed by atoms with E-state index in [4.69, 9.17) is 10.5 Å². The summed E-state index contributed by atoms with van der Waals surface area (Å²) in [7, 11) is 1.28. The summed E-state index contributed by atoms with van der Waals surface area (Å²) in [6.07, 6.45) is 7.07. The Hall–Kier alpha value is -4.05. The van der Waals surface area contributed by atoms with E-state index in [2.05, 4.69) is 20.6 Å². The third kappa shape index (κ3) is 4.13. The van der Waals surface area contributed by atoms with Gasteiger partial charge in [0.25, 0.3) is 5.91 Å². The van der Waals surface area contributed by atoms with Gasteiger partial charge in [0.1, 0.15) is 0 Å². The van der Waals surface area contributed by atoms with Crippen molar-refractivity contribution in [2.45, 2.75) is 31.7 Å². The van der Waals surface area contributed by atoms with Crippen LogP contribution in [0, 0.1) is 11.6 Å². The van der Waals surface area contributed by atoms with Gasteiger partial charge in [-0.15, -0.1) is 0 Å². The van der Waals surface area contributed by atoms with Crippen molar-refractivity contribution in [2.75, 3.05) is 19.0 Å². The smallest absolute Gasteiger partial charge is 0.252 e. The number of halogens is 2. The Labute approximate surface area is 206 Å². The number of rotatable bonds is 8. The van der Waals surface area contributed by atoms with Crippen LogP contribution in [0.1, 0.15) is 35.7 Å². The van der Waals surface area contributed by atoms with Crippen LogP contribution in [0.15, 0.2) is 48.9 Å². The summed E-state index contributed by atoms with van der Waals surface area (Å²) >= 11 is 0. The first-order chi connectivity index (χ1) is 17.4. The minimum atomic E-state index is -1.06. The first kappa shape index (κ1) is 23.7. The van der Waals surface area contributed by atoms with Gasteiger partial charge in [0.2, 0.25) is 5.82 Å². The highest BCUT2D eigenvalue weighted by Gasteiger charge is 2.42. The van der Waals surface area contributed by atoms with E-state index in [0.717, 1.165) is 24.1 Å². The zero-order valence-corrected chi connectivity index (χ0v) is 19.9. The fraction of sp³-hybridized carbons (Fsp3) is 0.269. The molecular formula is C26H26F2N6O2. The number of carbonyl (C=O) groups excluding carboxylic acids is 1. The topological polar surface area (TPSA) is 107 Å². The second-order valence-electron chi connectivity index (χ2n) is 8.85. The standard InChI is InChI=1S/C26H26F2N6O2/c1-3-15-12-16(4-5-17(15)25(35)33-26(14-29)8-9-26)32-23-24-31-13-19(34(24)11-10-30-23)18-6-7-20(36-2)22(28)21(18)27/h4-7,10-13H,3,8-9,14,29H2,1-2H3,(H,30,32)(H,33,35). The third-order valence-corrected chi connectivity index (χ3v) is 6.59. The number of benzene rings is 2. The van der Waals surface area contributed by atoms with Crippen LogP contribution in [0.25, 0.3) is 16.9 Å². The molecular weight excluding hydrogens is 466 g/mol. The number of nitrogens with one attached hydrogen (secondary N) is 2. The number of amides is 1. The Morgan fingerprint density at radius 3 is 2.69 bits per heavy atom. The molecule has 1 fully saturated rings. The number of anilines is 2. The molecule has 8 nitrogen and oxygen atoms in total. The molecule has 0 atom stereocenters. The maximum Gasteiger partial charge on any atom is 0.252 e. The second-order valence-corrected chi connectivity index (χ2v) is 8.85. The molecule has 36 heavy (non-hydrogen) atoms. The largest absolute Gasteiger partial charge is 0.494 e. The lowest BCUT2D eigenvalue weighted by atomic mass is 10.0. The summed E-state index contributed by atoms with van der Waals surface area (Å²) in [6, 6.07) is 8.28. The van der Waals surface area contributed by atoms with Gasteiger partial charge < -0.3 is 21.1 Å². The van der Waals surface area contributed by atoms with Crippen LogP contribution in [0.5, 0.6) is 5.75 Å². The van der Waals surface area contributed by atoms with Gasteiger partial charge in [-0.25, -0.2) is 14.4 Å². The molecule has 0 bridgehead atoms. The summed E-state index contributed by atoms with van der Waals surface area (Å²) in [5.41, 5.74) is 8.57. The highest BCUT2D eigenvalue weighted by molar-refractivity contribution is 5.97. The van der Waals surface area contributed by atoms with Crippen LogP contribution in [0.4, 0.5) is 20.3 Å². The summed E-state index contributed by atoms with van der Waals surface area (Å²) < 4.78 is 35.5. The van der Waals surface area contributed by atoms with Crippen molar-refractivity contribution >= 4 is 23.1 Å². The van der Waals surface area contributed by atoms with Crippen molar-refractivity contribution in [3.8, 4) is 17.0 Å². The van der Waals surface area contributed by atoms with Crippen LogP contribution in [-0.4, -0.2) is 39.5 Å². The third-order valence-electron chi connectivity index (χ3n) is 6.59. The quantitative estimate of drug-likeness (QED) is 0.340. The number of nitrogens with zero attached hydrogens (tertiary/aromatic N) is 3. The molecule has 0 radical (unpaired) electrons. The molecule has 0 aliphatic heterocycles. The monoisotopic (exact) mass is 492 g/mol. The number of methoxy groups -OCH3 is 1. The Morgan fingerprint density at radius 2 is 2.00 bits per heavy atom. The SMILES string of the molecule is CCc1cc(Nc2nccn3c(-c4ccc(OC)c(F)c4F)cnc23)ccc1C(=O)NC1(CN)CC1. The second kappa shape index (κ2) is 9.19. The van der Waals surface area contributed by atoms with Crippen molar-refractivity contribution in [3.63, 3.8) is 0 Å². The van der Waals surface area contributed by atoms with Gasteiger partial charge in [-0.05, 0) is 55.2 Å². The number of aryl methyl sites for hydroxylation is 1. The Balaban J connectivity index is 1.45. The van der Waals surface area contributed by atoms with Crippen LogP contribution in [0.3, 0.4) is 0 Å².